The van der Waals surface area contributed by atoms with Crippen molar-refractivity contribution in [1.82, 2.24) is 4.98 Å². The van der Waals surface area contributed by atoms with Crippen LogP contribution in [0.4, 0.5) is 5.82 Å². The first-order valence-corrected chi connectivity index (χ1v) is 9.42. The van der Waals surface area contributed by atoms with Gasteiger partial charge < -0.3 is 5.11 Å². The molecule has 0 spiro atoms. The Labute approximate surface area is 164 Å². The van der Waals surface area contributed by atoms with Crippen molar-refractivity contribution >= 4 is 16.7 Å². The Kier molecular flexibility index (Phi) is 4.70. The molecule has 0 aliphatic rings. The first-order chi connectivity index (χ1) is 13.5. The molecule has 2 aromatic heterocycles. The molecular formula is C24H24N3O+. The molecule has 0 unspecified atom stereocenters. The van der Waals surface area contributed by atoms with Crippen molar-refractivity contribution < 1.29 is 10.1 Å². The second kappa shape index (κ2) is 7.31. The number of anilines is 1. The number of phenolic OH excluding ortho intramolecular Hbond substituents is 1. The summed E-state index contributed by atoms with van der Waals surface area (Å²) in [7, 11) is 0. The zero-order chi connectivity index (χ0) is 19.7. The number of benzene rings is 2. The van der Waals surface area contributed by atoms with Gasteiger partial charge in [-0.1, -0.05) is 42.0 Å². The normalized spacial score (nSPS) is 12.1. The van der Waals surface area contributed by atoms with Crippen molar-refractivity contribution in [1.29, 1.82) is 0 Å². The quantitative estimate of drug-likeness (QED) is 0.538. The average molecular weight is 370 g/mol. The number of aromatic nitrogens is 2. The van der Waals surface area contributed by atoms with E-state index in [1.54, 1.807) is 0 Å². The molecule has 2 heterocycles. The molecule has 0 bridgehead atoms. The number of pyridine rings is 2. The SMILES string of the molecule is Cc1ccc(C)c([C@@H](Nc2cccc[nH+]2)c2ccc3ccc(C)nc3c2O)c1. The van der Waals surface area contributed by atoms with Crippen molar-refractivity contribution in [3.8, 4) is 5.75 Å². The van der Waals surface area contributed by atoms with Crippen LogP contribution in [0.2, 0.25) is 0 Å². The van der Waals surface area contributed by atoms with E-state index in [9.17, 15) is 5.11 Å². The topological polar surface area (TPSA) is 59.3 Å². The molecule has 3 N–H and O–H groups in total. The summed E-state index contributed by atoms with van der Waals surface area (Å²) >= 11 is 0. The lowest BCUT2D eigenvalue weighted by Crippen LogP contribution is -2.19. The van der Waals surface area contributed by atoms with E-state index in [2.05, 4.69) is 47.3 Å². The zero-order valence-electron chi connectivity index (χ0n) is 16.3. The van der Waals surface area contributed by atoms with Gasteiger partial charge in [0.15, 0.2) is 0 Å². The highest BCUT2D eigenvalue weighted by Gasteiger charge is 2.25. The predicted molar refractivity (Wildman–Crippen MR) is 113 cm³/mol. The second-order valence-electron chi connectivity index (χ2n) is 7.24. The van der Waals surface area contributed by atoms with Crippen LogP contribution in [0, 0.1) is 20.8 Å². The van der Waals surface area contributed by atoms with Crippen LogP contribution >= 0.6 is 0 Å². The van der Waals surface area contributed by atoms with E-state index in [4.69, 9.17) is 0 Å². The van der Waals surface area contributed by atoms with Crippen LogP contribution in [-0.4, -0.2) is 10.1 Å². The lowest BCUT2D eigenvalue weighted by atomic mass is 9.92. The minimum atomic E-state index is -0.217. The summed E-state index contributed by atoms with van der Waals surface area (Å²) in [5.74, 6) is 1.10. The van der Waals surface area contributed by atoms with Gasteiger partial charge in [0.2, 0.25) is 0 Å². The monoisotopic (exact) mass is 370 g/mol. The van der Waals surface area contributed by atoms with Gasteiger partial charge in [-0.15, -0.1) is 0 Å². The number of aromatic amines is 1. The summed E-state index contributed by atoms with van der Waals surface area (Å²) in [6.45, 7) is 6.11. The molecule has 0 radical (unpaired) electrons. The third kappa shape index (κ3) is 3.41. The molecule has 0 amide bonds. The Morgan fingerprint density at radius 1 is 0.929 bits per heavy atom. The standard InChI is InChI=1S/C24H23N3O/c1-15-7-8-16(2)20(14-15)23(27-21-6-4-5-13-25-21)19-12-11-18-10-9-17(3)26-22(18)24(19)28/h4-14,23,28H,1-3H3,(H,25,27)/p+1/t23-/m0/s1. The molecule has 0 aliphatic carbocycles. The number of nitrogens with zero attached hydrogens (tertiary/aromatic N) is 1. The highest BCUT2D eigenvalue weighted by Crippen LogP contribution is 2.37. The molecule has 0 fully saturated rings. The Hall–Kier alpha value is -3.40. The van der Waals surface area contributed by atoms with Crippen LogP contribution in [0.15, 0.2) is 66.9 Å². The number of aromatic hydroxyl groups is 1. The van der Waals surface area contributed by atoms with Gasteiger partial charge in [0.05, 0.1) is 6.20 Å². The Morgan fingerprint density at radius 3 is 2.54 bits per heavy atom. The molecule has 0 saturated heterocycles. The van der Waals surface area contributed by atoms with Crippen molar-refractivity contribution in [2.24, 2.45) is 0 Å². The molecule has 28 heavy (non-hydrogen) atoms. The van der Waals surface area contributed by atoms with E-state index in [-0.39, 0.29) is 11.8 Å². The number of hydrogen-bond donors (Lipinski definition) is 2. The molecule has 4 heteroatoms. The van der Waals surface area contributed by atoms with Crippen LogP contribution in [0.25, 0.3) is 10.9 Å². The van der Waals surface area contributed by atoms with E-state index < -0.39 is 0 Å². The molecule has 140 valence electrons. The van der Waals surface area contributed by atoms with Crippen LogP contribution < -0.4 is 10.3 Å². The molecule has 4 nitrogen and oxygen atoms in total. The van der Waals surface area contributed by atoms with Gasteiger partial charge in [-0.05, 0) is 44.5 Å². The maximum Gasteiger partial charge on any atom is 0.272 e. The molecule has 4 aromatic rings. The third-order valence-corrected chi connectivity index (χ3v) is 5.07. The van der Waals surface area contributed by atoms with Gasteiger partial charge in [0.1, 0.15) is 17.3 Å². The van der Waals surface area contributed by atoms with Crippen molar-refractivity contribution in [2.75, 3.05) is 5.32 Å². The first-order valence-electron chi connectivity index (χ1n) is 9.42. The van der Waals surface area contributed by atoms with Gasteiger partial charge in [0.25, 0.3) is 5.82 Å². The zero-order valence-corrected chi connectivity index (χ0v) is 16.3. The van der Waals surface area contributed by atoms with E-state index >= 15 is 0 Å². The van der Waals surface area contributed by atoms with E-state index in [0.29, 0.717) is 5.52 Å². The maximum absolute atomic E-state index is 11.1. The largest absolute Gasteiger partial charge is 0.505 e. The smallest absolute Gasteiger partial charge is 0.272 e. The number of aryl methyl sites for hydroxylation is 3. The molecule has 1 atom stereocenters. The number of H-pyrrole nitrogens is 1. The number of phenols is 1. The van der Waals surface area contributed by atoms with E-state index in [1.165, 1.54) is 5.56 Å². The third-order valence-electron chi connectivity index (χ3n) is 5.07. The van der Waals surface area contributed by atoms with E-state index in [0.717, 1.165) is 33.6 Å². The lowest BCUT2D eigenvalue weighted by Gasteiger charge is -2.20. The summed E-state index contributed by atoms with van der Waals surface area (Å²) in [4.78, 5) is 7.80. The Morgan fingerprint density at radius 2 is 1.75 bits per heavy atom. The number of nitrogens with one attached hydrogen (secondary N) is 2. The van der Waals surface area contributed by atoms with Crippen LogP contribution in [0.1, 0.15) is 34.0 Å². The fraction of sp³-hybridized carbons (Fsp3) is 0.167. The van der Waals surface area contributed by atoms with Gasteiger partial charge in [0, 0.05) is 28.3 Å². The minimum Gasteiger partial charge on any atom is -0.505 e. The molecule has 2 aromatic carbocycles. The second-order valence-corrected chi connectivity index (χ2v) is 7.24. The number of rotatable bonds is 4. The minimum absolute atomic E-state index is 0.217. The number of fused-ring (bicyclic) bond motifs is 1. The molecular weight excluding hydrogens is 346 g/mol. The summed E-state index contributed by atoms with van der Waals surface area (Å²) in [6, 6.07) is 20.0. The fourth-order valence-electron chi connectivity index (χ4n) is 3.55. The summed E-state index contributed by atoms with van der Waals surface area (Å²) in [6.07, 6.45) is 1.88. The Bertz CT molecular complexity index is 1140. The Balaban J connectivity index is 1.91. The highest BCUT2D eigenvalue weighted by molar-refractivity contribution is 5.86. The first kappa shape index (κ1) is 18.0. The van der Waals surface area contributed by atoms with Crippen LogP contribution in [-0.2, 0) is 0 Å². The van der Waals surface area contributed by atoms with Gasteiger partial charge in [-0.2, -0.15) is 0 Å². The molecule has 0 aliphatic heterocycles. The van der Waals surface area contributed by atoms with E-state index in [1.807, 2.05) is 55.6 Å². The maximum atomic E-state index is 11.1. The van der Waals surface area contributed by atoms with Crippen LogP contribution in [0.5, 0.6) is 5.75 Å². The summed E-state index contributed by atoms with van der Waals surface area (Å²) in [5.41, 5.74) is 5.78. The molecule has 4 rings (SSSR count). The fourth-order valence-corrected chi connectivity index (χ4v) is 3.55. The van der Waals surface area contributed by atoms with Gasteiger partial charge in [-0.25, -0.2) is 9.97 Å². The van der Waals surface area contributed by atoms with Gasteiger partial charge in [-0.3, -0.25) is 5.32 Å². The molecule has 0 saturated carbocycles. The van der Waals surface area contributed by atoms with Crippen molar-refractivity contribution in [2.45, 2.75) is 26.8 Å². The van der Waals surface area contributed by atoms with Crippen molar-refractivity contribution in [3.05, 3.63) is 94.8 Å². The van der Waals surface area contributed by atoms with Crippen molar-refractivity contribution in [3.63, 3.8) is 0 Å². The lowest BCUT2D eigenvalue weighted by molar-refractivity contribution is -0.361. The average Bonchev–Trinajstić information content (AvgIpc) is 2.70. The van der Waals surface area contributed by atoms with Gasteiger partial charge >= 0.3 is 0 Å². The highest BCUT2D eigenvalue weighted by atomic mass is 16.3. The summed E-state index contributed by atoms with van der Waals surface area (Å²) < 4.78 is 0. The number of hydrogen-bond acceptors (Lipinski definition) is 3. The predicted octanol–water partition coefficient (Wildman–Crippen LogP) is 4.88. The van der Waals surface area contributed by atoms with Crippen LogP contribution in [0.3, 0.4) is 0 Å². The summed E-state index contributed by atoms with van der Waals surface area (Å²) in [5, 5.41) is 15.6.